The standard InChI is InChI=1S/C36H41N3O5/c1-23-10-9-11-25(37-23)22-44-27-16-19-39-29(20-27)30(33(41)35(2,3)4)28(21-36(5,6)34(42)43)31(39)32(40)24-12-14-26(15-13-24)38-17-7-8-18-38/h9-16,19-20H,7-8,17-18,21-22H2,1-6H3,(H,42,43). The van der Waals surface area contributed by atoms with Crippen molar-refractivity contribution in [2.45, 2.75) is 67.4 Å². The molecular formula is C36H41N3O5. The lowest BCUT2D eigenvalue weighted by molar-refractivity contribution is -0.146. The number of Topliss-reactive ketones (excluding diaryl/α,β-unsaturated/α-hetero) is 1. The van der Waals surface area contributed by atoms with Crippen LogP contribution in [0.4, 0.5) is 5.69 Å². The molecule has 44 heavy (non-hydrogen) atoms. The Kier molecular flexibility index (Phi) is 8.38. The number of rotatable bonds is 10. The summed E-state index contributed by atoms with van der Waals surface area (Å²) in [6, 6.07) is 16.8. The lowest BCUT2D eigenvalue weighted by atomic mass is 9.79. The number of hydrogen-bond acceptors (Lipinski definition) is 6. The van der Waals surface area contributed by atoms with E-state index in [1.165, 1.54) is 0 Å². The first-order valence-electron chi connectivity index (χ1n) is 15.2. The summed E-state index contributed by atoms with van der Waals surface area (Å²) in [4.78, 5) is 47.6. The Labute approximate surface area is 258 Å². The van der Waals surface area contributed by atoms with E-state index >= 15 is 0 Å². The first kappa shape index (κ1) is 31.0. The molecule has 5 rings (SSSR count). The van der Waals surface area contributed by atoms with Gasteiger partial charge in [-0.25, -0.2) is 0 Å². The van der Waals surface area contributed by atoms with Crippen molar-refractivity contribution in [2.24, 2.45) is 10.8 Å². The molecule has 1 saturated heterocycles. The fourth-order valence-corrected chi connectivity index (χ4v) is 5.71. The molecule has 0 spiro atoms. The smallest absolute Gasteiger partial charge is 0.309 e. The minimum Gasteiger partial charge on any atom is -0.487 e. The third-order valence-corrected chi connectivity index (χ3v) is 8.27. The van der Waals surface area contributed by atoms with Gasteiger partial charge in [-0.05, 0) is 88.1 Å². The molecular weight excluding hydrogens is 554 g/mol. The van der Waals surface area contributed by atoms with Crippen LogP contribution in [-0.4, -0.2) is 45.1 Å². The minimum atomic E-state index is -1.23. The van der Waals surface area contributed by atoms with Crippen LogP contribution in [0.5, 0.6) is 5.75 Å². The quantitative estimate of drug-likeness (QED) is 0.198. The number of aliphatic carboxylic acids is 1. The Morgan fingerprint density at radius 2 is 1.64 bits per heavy atom. The van der Waals surface area contributed by atoms with E-state index < -0.39 is 16.8 Å². The van der Waals surface area contributed by atoms with E-state index in [1.54, 1.807) is 36.6 Å². The second-order valence-corrected chi connectivity index (χ2v) is 13.4. The summed E-state index contributed by atoms with van der Waals surface area (Å²) in [6.45, 7) is 12.8. The summed E-state index contributed by atoms with van der Waals surface area (Å²) in [6.07, 6.45) is 4.03. The molecule has 230 valence electrons. The molecule has 1 aliphatic heterocycles. The summed E-state index contributed by atoms with van der Waals surface area (Å²) < 4.78 is 7.82. The van der Waals surface area contributed by atoms with Gasteiger partial charge in [-0.2, -0.15) is 0 Å². The molecule has 1 N–H and O–H groups in total. The lowest BCUT2D eigenvalue weighted by Gasteiger charge is -2.22. The van der Waals surface area contributed by atoms with Gasteiger partial charge in [-0.15, -0.1) is 0 Å². The minimum absolute atomic E-state index is 0.00248. The Hall–Kier alpha value is -4.46. The lowest BCUT2D eigenvalue weighted by Crippen LogP contribution is -2.29. The molecule has 1 aliphatic rings. The van der Waals surface area contributed by atoms with Gasteiger partial charge in [0.05, 0.1) is 22.3 Å². The summed E-state index contributed by atoms with van der Waals surface area (Å²) in [5, 5.41) is 10.1. The van der Waals surface area contributed by atoms with Gasteiger partial charge in [0.1, 0.15) is 12.4 Å². The third-order valence-electron chi connectivity index (χ3n) is 8.27. The number of carboxylic acid groups (broad SMARTS) is 1. The zero-order valence-electron chi connectivity index (χ0n) is 26.4. The van der Waals surface area contributed by atoms with Gasteiger partial charge in [0.2, 0.25) is 5.78 Å². The highest BCUT2D eigenvalue weighted by Gasteiger charge is 2.37. The van der Waals surface area contributed by atoms with Gasteiger partial charge in [0.25, 0.3) is 0 Å². The van der Waals surface area contributed by atoms with Gasteiger partial charge in [-0.1, -0.05) is 26.8 Å². The molecule has 8 nitrogen and oxygen atoms in total. The fraction of sp³-hybridized carbons (Fsp3) is 0.389. The number of ether oxygens (including phenoxy) is 1. The second kappa shape index (κ2) is 11.9. The number of nitrogens with zero attached hydrogens (tertiary/aromatic N) is 3. The SMILES string of the molecule is Cc1cccc(COc2ccn3c(C(=O)c4ccc(N5CCCC5)cc4)c(CC(C)(C)C(=O)O)c(C(=O)C(C)(C)C)c3c2)n1. The Balaban J connectivity index is 1.66. The predicted molar refractivity (Wildman–Crippen MR) is 171 cm³/mol. The van der Waals surface area contributed by atoms with Crippen molar-refractivity contribution in [3.05, 3.63) is 94.6 Å². The van der Waals surface area contributed by atoms with Crippen LogP contribution in [0.2, 0.25) is 0 Å². The first-order chi connectivity index (χ1) is 20.8. The average Bonchev–Trinajstić information content (AvgIpc) is 3.61. The van der Waals surface area contributed by atoms with Crippen LogP contribution >= 0.6 is 0 Å². The number of fused-ring (bicyclic) bond motifs is 1. The van der Waals surface area contributed by atoms with Crippen molar-refractivity contribution in [2.75, 3.05) is 18.0 Å². The molecule has 0 radical (unpaired) electrons. The number of hydrogen-bond donors (Lipinski definition) is 1. The maximum Gasteiger partial charge on any atom is 0.309 e. The van der Waals surface area contributed by atoms with E-state index in [0.717, 1.165) is 43.0 Å². The van der Waals surface area contributed by atoms with Gasteiger partial charge in [0.15, 0.2) is 5.78 Å². The van der Waals surface area contributed by atoms with E-state index in [1.807, 2.05) is 70.2 Å². The molecule has 0 atom stereocenters. The number of aromatic nitrogens is 2. The predicted octanol–water partition coefficient (Wildman–Crippen LogP) is 6.94. The number of benzene rings is 1. The second-order valence-electron chi connectivity index (χ2n) is 13.4. The van der Waals surface area contributed by atoms with Gasteiger partial charge in [-0.3, -0.25) is 19.4 Å². The van der Waals surface area contributed by atoms with Crippen molar-refractivity contribution in [3.8, 4) is 5.75 Å². The number of pyridine rings is 2. The molecule has 0 bridgehead atoms. The van der Waals surface area contributed by atoms with Crippen LogP contribution in [0.3, 0.4) is 0 Å². The summed E-state index contributed by atoms with van der Waals surface area (Å²) >= 11 is 0. The van der Waals surface area contributed by atoms with Crippen LogP contribution in [0.1, 0.15) is 90.8 Å². The van der Waals surface area contributed by atoms with E-state index in [0.29, 0.717) is 33.7 Å². The maximum absolute atomic E-state index is 14.3. The Morgan fingerprint density at radius 3 is 2.25 bits per heavy atom. The number of carboxylic acids is 1. The molecule has 1 aromatic carbocycles. The van der Waals surface area contributed by atoms with Crippen molar-refractivity contribution in [3.63, 3.8) is 0 Å². The monoisotopic (exact) mass is 595 g/mol. The highest BCUT2D eigenvalue weighted by Crippen LogP contribution is 2.37. The number of carbonyl (C=O) groups excluding carboxylic acids is 2. The molecule has 4 heterocycles. The zero-order chi connectivity index (χ0) is 31.8. The summed E-state index contributed by atoms with van der Waals surface area (Å²) in [5.74, 6) is -0.939. The van der Waals surface area contributed by atoms with Crippen molar-refractivity contribution in [1.29, 1.82) is 0 Å². The Bertz CT molecular complexity index is 1720. The fourth-order valence-electron chi connectivity index (χ4n) is 5.71. The molecule has 0 unspecified atom stereocenters. The highest BCUT2D eigenvalue weighted by molar-refractivity contribution is 6.15. The van der Waals surface area contributed by atoms with Gasteiger partial charge in [0, 0.05) is 53.3 Å². The van der Waals surface area contributed by atoms with Crippen LogP contribution in [0, 0.1) is 17.8 Å². The molecule has 0 aliphatic carbocycles. The average molecular weight is 596 g/mol. The van der Waals surface area contributed by atoms with Crippen LogP contribution in [-0.2, 0) is 17.8 Å². The molecule has 0 saturated carbocycles. The van der Waals surface area contributed by atoms with Gasteiger partial charge < -0.3 is 19.1 Å². The molecule has 0 amide bonds. The van der Waals surface area contributed by atoms with E-state index in [9.17, 15) is 19.5 Å². The van der Waals surface area contributed by atoms with Crippen molar-refractivity contribution >= 4 is 28.7 Å². The molecule has 8 heteroatoms. The number of carbonyl (C=O) groups is 3. The third kappa shape index (κ3) is 6.25. The first-order valence-corrected chi connectivity index (χ1v) is 15.2. The van der Waals surface area contributed by atoms with Crippen molar-refractivity contribution in [1.82, 2.24) is 9.38 Å². The number of aryl methyl sites for hydroxylation is 1. The normalized spacial score (nSPS) is 13.8. The maximum atomic E-state index is 14.3. The van der Waals surface area contributed by atoms with E-state index in [-0.39, 0.29) is 24.6 Å². The largest absolute Gasteiger partial charge is 0.487 e. The zero-order valence-corrected chi connectivity index (χ0v) is 26.4. The Morgan fingerprint density at radius 1 is 0.955 bits per heavy atom. The van der Waals surface area contributed by atoms with E-state index in [4.69, 9.17) is 4.74 Å². The molecule has 1 fully saturated rings. The summed E-state index contributed by atoms with van der Waals surface area (Å²) in [5.41, 5.74) is 2.76. The summed E-state index contributed by atoms with van der Waals surface area (Å²) in [7, 11) is 0. The van der Waals surface area contributed by atoms with Crippen molar-refractivity contribution < 1.29 is 24.2 Å². The number of anilines is 1. The number of ketones is 2. The molecule has 3 aromatic heterocycles. The van der Waals surface area contributed by atoms with Crippen LogP contribution in [0.25, 0.3) is 5.52 Å². The van der Waals surface area contributed by atoms with Crippen LogP contribution in [0.15, 0.2) is 60.8 Å². The topological polar surface area (TPSA) is 101 Å². The van der Waals surface area contributed by atoms with E-state index in [2.05, 4.69) is 9.88 Å². The van der Waals surface area contributed by atoms with Gasteiger partial charge >= 0.3 is 5.97 Å². The molecule has 4 aromatic rings. The van der Waals surface area contributed by atoms with Crippen LogP contribution < -0.4 is 9.64 Å². The highest BCUT2D eigenvalue weighted by atomic mass is 16.5.